The van der Waals surface area contributed by atoms with Crippen LogP contribution in [0.25, 0.3) is 0 Å². The quantitative estimate of drug-likeness (QED) is 0.597. The Balaban J connectivity index is 1.87. The summed E-state index contributed by atoms with van der Waals surface area (Å²) in [6.07, 6.45) is 1.47. The van der Waals surface area contributed by atoms with Gasteiger partial charge in [0.05, 0.1) is 15.8 Å². The smallest absolute Gasteiger partial charge is 0.262 e. The van der Waals surface area contributed by atoms with E-state index in [-0.39, 0.29) is 24.8 Å². The van der Waals surface area contributed by atoms with Crippen LogP contribution < -0.4 is 14.8 Å². The molecule has 0 saturated carbocycles. The number of amides is 1. The summed E-state index contributed by atoms with van der Waals surface area (Å²) < 4.78 is 31.4. The number of ether oxygens (including phenoxy) is 1. The maximum atomic E-state index is 12.0. The van der Waals surface area contributed by atoms with E-state index in [0.29, 0.717) is 27.0 Å². The van der Waals surface area contributed by atoms with E-state index in [1.807, 2.05) is 0 Å². The van der Waals surface area contributed by atoms with E-state index >= 15 is 0 Å². The molecule has 1 amide bonds. The van der Waals surface area contributed by atoms with Gasteiger partial charge in [-0.2, -0.15) is 0 Å². The SMILES string of the molecule is C=CCNS(=O)(=O)Cc1ccc(NC(=O)COc2ccc(Cl)c(Cl)c2)cc1. The Morgan fingerprint density at radius 2 is 1.81 bits per heavy atom. The van der Waals surface area contributed by atoms with E-state index < -0.39 is 10.0 Å². The van der Waals surface area contributed by atoms with Gasteiger partial charge < -0.3 is 10.1 Å². The predicted octanol–water partition coefficient (Wildman–Crippen LogP) is 3.62. The number of carbonyl (C=O) groups excluding carboxylic acids is 1. The molecular formula is C18H18Cl2N2O4S. The zero-order chi connectivity index (χ0) is 19.9. The number of hydrogen-bond donors (Lipinski definition) is 2. The molecule has 0 aliphatic heterocycles. The number of hydrogen-bond acceptors (Lipinski definition) is 4. The summed E-state index contributed by atoms with van der Waals surface area (Å²) in [5, 5.41) is 3.40. The number of halogens is 2. The molecule has 144 valence electrons. The Bertz CT molecular complexity index is 915. The number of carbonyl (C=O) groups is 1. The van der Waals surface area contributed by atoms with E-state index in [1.165, 1.54) is 12.1 Å². The van der Waals surface area contributed by atoms with Gasteiger partial charge >= 0.3 is 0 Å². The van der Waals surface area contributed by atoms with Gasteiger partial charge in [-0.3, -0.25) is 4.79 Å². The van der Waals surface area contributed by atoms with E-state index in [0.717, 1.165) is 0 Å². The standard InChI is InChI=1S/C18H18Cl2N2O4S/c1-2-9-21-27(24,25)12-13-3-5-14(6-4-13)22-18(23)11-26-15-7-8-16(19)17(20)10-15/h2-8,10,21H,1,9,11-12H2,(H,22,23). The van der Waals surface area contributed by atoms with Gasteiger partial charge in [-0.05, 0) is 29.8 Å². The number of anilines is 1. The summed E-state index contributed by atoms with van der Waals surface area (Å²) in [4.78, 5) is 12.0. The highest BCUT2D eigenvalue weighted by atomic mass is 35.5. The van der Waals surface area contributed by atoms with Crippen LogP contribution in [0.15, 0.2) is 55.1 Å². The number of rotatable bonds is 9. The fourth-order valence-corrected chi connectivity index (χ4v) is 3.45. The van der Waals surface area contributed by atoms with Crippen LogP contribution in [0.4, 0.5) is 5.69 Å². The molecule has 2 rings (SSSR count). The second kappa shape index (κ2) is 9.75. The van der Waals surface area contributed by atoms with Crippen molar-refractivity contribution < 1.29 is 17.9 Å². The van der Waals surface area contributed by atoms with Crippen LogP contribution in [0.2, 0.25) is 10.0 Å². The molecule has 2 aromatic carbocycles. The van der Waals surface area contributed by atoms with Crippen LogP contribution in [-0.4, -0.2) is 27.5 Å². The van der Waals surface area contributed by atoms with Crippen LogP contribution in [0, 0.1) is 0 Å². The lowest BCUT2D eigenvalue weighted by atomic mass is 10.2. The first kappa shape index (κ1) is 21.2. The highest BCUT2D eigenvalue weighted by Crippen LogP contribution is 2.26. The second-order valence-corrected chi connectivity index (χ2v) is 8.13. The van der Waals surface area contributed by atoms with Crippen molar-refractivity contribution in [2.75, 3.05) is 18.5 Å². The Hall–Kier alpha value is -2.06. The molecule has 0 spiro atoms. The lowest BCUT2D eigenvalue weighted by Crippen LogP contribution is -2.25. The summed E-state index contributed by atoms with van der Waals surface area (Å²) in [6, 6.07) is 11.2. The summed E-state index contributed by atoms with van der Waals surface area (Å²) in [7, 11) is -3.43. The van der Waals surface area contributed by atoms with Gasteiger partial charge in [0.15, 0.2) is 6.61 Å². The van der Waals surface area contributed by atoms with E-state index in [9.17, 15) is 13.2 Å². The summed E-state index contributed by atoms with van der Waals surface area (Å²) in [5.41, 5.74) is 1.12. The molecule has 0 radical (unpaired) electrons. The lowest BCUT2D eigenvalue weighted by molar-refractivity contribution is -0.118. The van der Waals surface area contributed by atoms with Gasteiger partial charge in [0.1, 0.15) is 5.75 Å². The van der Waals surface area contributed by atoms with Crippen molar-refractivity contribution in [1.29, 1.82) is 0 Å². The van der Waals surface area contributed by atoms with Crippen molar-refractivity contribution in [2.45, 2.75) is 5.75 Å². The molecule has 0 bridgehead atoms. The summed E-state index contributed by atoms with van der Waals surface area (Å²) in [5.74, 6) is -0.101. The lowest BCUT2D eigenvalue weighted by Gasteiger charge is -2.09. The molecule has 2 aromatic rings. The van der Waals surface area contributed by atoms with Crippen LogP contribution in [0.5, 0.6) is 5.75 Å². The minimum Gasteiger partial charge on any atom is -0.484 e. The fraction of sp³-hybridized carbons (Fsp3) is 0.167. The molecule has 0 aromatic heterocycles. The Labute approximate surface area is 168 Å². The zero-order valence-corrected chi connectivity index (χ0v) is 16.6. The largest absolute Gasteiger partial charge is 0.484 e. The number of sulfonamides is 1. The maximum absolute atomic E-state index is 12.0. The molecule has 0 unspecified atom stereocenters. The third-order valence-electron chi connectivity index (χ3n) is 3.30. The maximum Gasteiger partial charge on any atom is 0.262 e. The third-order valence-corrected chi connectivity index (χ3v) is 5.36. The molecule has 0 fully saturated rings. The Morgan fingerprint density at radius 1 is 1.11 bits per heavy atom. The van der Waals surface area contributed by atoms with Crippen molar-refractivity contribution in [3.63, 3.8) is 0 Å². The van der Waals surface area contributed by atoms with Crippen LogP contribution in [-0.2, 0) is 20.6 Å². The molecule has 6 nitrogen and oxygen atoms in total. The highest BCUT2D eigenvalue weighted by molar-refractivity contribution is 7.88. The van der Waals surface area contributed by atoms with E-state index in [2.05, 4.69) is 16.6 Å². The average Bonchev–Trinajstić information content (AvgIpc) is 2.62. The number of benzene rings is 2. The van der Waals surface area contributed by atoms with E-state index in [4.69, 9.17) is 27.9 Å². The predicted molar refractivity (Wildman–Crippen MR) is 108 cm³/mol. The monoisotopic (exact) mass is 428 g/mol. The van der Waals surface area contributed by atoms with Gasteiger partial charge in [-0.25, -0.2) is 13.1 Å². The van der Waals surface area contributed by atoms with Crippen molar-refractivity contribution in [2.24, 2.45) is 0 Å². The van der Waals surface area contributed by atoms with Crippen LogP contribution in [0.3, 0.4) is 0 Å². The van der Waals surface area contributed by atoms with Gasteiger partial charge in [0, 0.05) is 18.3 Å². The zero-order valence-electron chi connectivity index (χ0n) is 14.2. The molecule has 0 heterocycles. The van der Waals surface area contributed by atoms with Crippen LogP contribution in [0.1, 0.15) is 5.56 Å². The molecule has 0 atom stereocenters. The first-order valence-electron chi connectivity index (χ1n) is 7.84. The molecule has 0 saturated heterocycles. The van der Waals surface area contributed by atoms with Crippen LogP contribution >= 0.6 is 23.2 Å². The summed E-state index contributed by atoms with van der Waals surface area (Å²) in [6.45, 7) is 3.43. The molecule has 0 aliphatic rings. The van der Waals surface area contributed by atoms with Crippen molar-refractivity contribution in [3.05, 3.63) is 70.7 Å². The number of nitrogens with one attached hydrogen (secondary N) is 2. The topological polar surface area (TPSA) is 84.5 Å². The van der Waals surface area contributed by atoms with Crippen molar-refractivity contribution >= 4 is 44.8 Å². The van der Waals surface area contributed by atoms with Gasteiger partial charge in [-0.15, -0.1) is 6.58 Å². The minimum atomic E-state index is -3.43. The first-order valence-corrected chi connectivity index (χ1v) is 10.2. The molecule has 9 heteroatoms. The fourth-order valence-electron chi connectivity index (χ4n) is 2.05. The highest BCUT2D eigenvalue weighted by Gasteiger charge is 2.11. The molecule has 27 heavy (non-hydrogen) atoms. The first-order chi connectivity index (χ1) is 12.8. The average molecular weight is 429 g/mol. The third kappa shape index (κ3) is 7.22. The van der Waals surface area contributed by atoms with Gasteiger partial charge in [-0.1, -0.05) is 41.4 Å². The Kier molecular flexibility index (Phi) is 7.67. The molecule has 0 aliphatic carbocycles. The second-order valence-electron chi connectivity index (χ2n) is 5.51. The van der Waals surface area contributed by atoms with Crippen molar-refractivity contribution in [1.82, 2.24) is 4.72 Å². The van der Waals surface area contributed by atoms with Gasteiger partial charge in [0.2, 0.25) is 10.0 Å². The normalized spacial score (nSPS) is 11.0. The van der Waals surface area contributed by atoms with Crippen molar-refractivity contribution in [3.8, 4) is 5.75 Å². The van der Waals surface area contributed by atoms with E-state index in [1.54, 1.807) is 36.4 Å². The minimum absolute atomic E-state index is 0.157. The Morgan fingerprint density at radius 3 is 2.44 bits per heavy atom. The van der Waals surface area contributed by atoms with Gasteiger partial charge in [0.25, 0.3) is 5.91 Å². The molecular weight excluding hydrogens is 411 g/mol. The summed E-state index contributed by atoms with van der Waals surface area (Å²) >= 11 is 11.7. The molecule has 2 N–H and O–H groups in total.